The maximum Gasteiger partial charge on any atom is 0.216 e. The monoisotopic (exact) mass is 345 g/mol. The molecule has 2 aromatic rings. The molecule has 25 heavy (non-hydrogen) atoms. The first kappa shape index (κ1) is 17.8. The molecule has 1 N–H and O–H groups in total. The molecule has 1 aromatic carbocycles. The first-order valence-electron chi connectivity index (χ1n) is 8.77. The zero-order valence-corrected chi connectivity index (χ0v) is 15.2. The molecule has 0 bridgehead atoms. The fraction of sp³-hybridized carbons (Fsp3) is 0.526. The number of benzene rings is 1. The molecule has 0 amide bonds. The number of hydrogen-bond donors (Lipinski definition) is 1. The van der Waals surface area contributed by atoms with Gasteiger partial charge in [0.2, 0.25) is 5.88 Å². The molecule has 0 unspecified atom stereocenters. The summed E-state index contributed by atoms with van der Waals surface area (Å²) in [4.78, 5) is 2.31. The molecule has 0 radical (unpaired) electrons. The zero-order valence-electron chi connectivity index (χ0n) is 15.2. The van der Waals surface area contributed by atoms with Gasteiger partial charge in [0, 0.05) is 19.6 Å². The third kappa shape index (κ3) is 3.96. The molecule has 6 nitrogen and oxygen atoms in total. The zero-order chi connectivity index (χ0) is 17.8. The van der Waals surface area contributed by atoms with Crippen molar-refractivity contribution >= 4 is 0 Å². The molecule has 2 atom stereocenters. The van der Waals surface area contributed by atoms with Crippen molar-refractivity contribution in [1.82, 2.24) is 14.7 Å². The lowest BCUT2D eigenvalue weighted by Crippen LogP contribution is -2.35. The Morgan fingerprint density at radius 2 is 2.08 bits per heavy atom. The smallest absolute Gasteiger partial charge is 0.216 e. The van der Waals surface area contributed by atoms with Crippen molar-refractivity contribution in [2.75, 3.05) is 26.8 Å². The standard InChI is InChI=1S/C19H27N3O3/c1-14-18(19(24-3)21(2)20-14)17-10-7-11-22(17)12-15(23)13-25-16-8-5-4-6-9-16/h4-6,8-9,15,17,23H,7,10-13H2,1-3H3/t15-,17+/m0/s1. The number of aliphatic hydroxyl groups is 1. The minimum atomic E-state index is -0.538. The van der Waals surface area contributed by atoms with Crippen LogP contribution in [-0.2, 0) is 7.05 Å². The van der Waals surface area contributed by atoms with Gasteiger partial charge in [-0.15, -0.1) is 0 Å². The number of rotatable bonds is 7. The minimum absolute atomic E-state index is 0.232. The molecule has 2 heterocycles. The summed E-state index contributed by atoms with van der Waals surface area (Å²) >= 11 is 0. The van der Waals surface area contributed by atoms with E-state index in [2.05, 4.69) is 10.00 Å². The van der Waals surface area contributed by atoms with Gasteiger partial charge in [-0.25, -0.2) is 4.68 Å². The van der Waals surface area contributed by atoms with E-state index in [1.165, 1.54) is 0 Å². The predicted molar refractivity (Wildman–Crippen MR) is 96.0 cm³/mol. The summed E-state index contributed by atoms with van der Waals surface area (Å²) in [5, 5.41) is 14.9. The quantitative estimate of drug-likeness (QED) is 0.834. The highest BCUT2D eigenvalue weighted by atomic mass is 16.5. The maximum absolute atomic E-state index is 10.4. The van der Waals surface area contributed by atoms with Crippen LogP contribution in [-0.4, -0.2) is 52.7 Å². The number of para-hydroxylation sites is 1. The van der Waals surface area contributed by atoms with Gasteiger partial charge in [0.25, 0.3) is 0 Å². The van der Waals surface area contributed by atoms with Crippen molar-refractivity contribution in [1.29, 1.82) is 0 Å². The number of hydrogen-bond acceptors (Lipinski definition) is 5. The van der Waals surface area contributed by atoms with Crippen molar-refractivity contribution < 1.29 is 14.6 Å². The normalized spacial score (nSPS) is 19.1. The molecule has 136 valence electrons. The highest BCUT2D eigenvalue weighted by Crippen LogP contribution is 2.38. The van der Waals surface area contributed by atoms with E-state index in [4.69, 9.17) is 9.47 Å². The Morgan fingerprint density at radius 1 is 1.32 bits per heavy atom. The third-order valence-corrected chi connectivity index (χ3v) is 4.74. The van der Waals surface area contributed by atoms with Gasteiger partial charge in [-0.05, 0) is 38.4 Å². The largest absolute Gasteiger partial charge is 0.491 e. The molecule has 6 heteroatoms. The lowest BCUT2D eigenvalue weighted by atomic mass is 10.0. The fourth-order valence-electron chi connectivity index (χ4n) is 3.68. The molecular weight excluding hydrogens is 318 g/mol. The summed E-state index contributed by atoms with van der Waals surface area (Å²) in [6.07, 6.45) is 1.62. The molecular formula is C19H27N3O3. The summed E-state index contributed by atoms with van der Waals surface area (Å²) in [5.41, 5.74) is 2.13. The van der Waals surface area contributed by atoms with Crippen LogP contribution in [0, 0.1) is 6.92 Å². The van der Waals surface area contributed by atoms with Crippen LogP contribution in [0.25, 0.3) is 0 Å². The molecule has 1 fully saturated rings. The number of aliphatic hydroxyl groups excluding tert-OH is 1. The van der Waals surface area contributed by atoms with Gasteiger partial charge in [-0.3, -0.25) is 4.90 Å². The second-order valence-electron chi connectivity index (χ2n) is 6.56. The average molecular weight is 345 g/mol. The number of ether oxygens (including phenoxy) is 2. The number of nitrogens with zero attached hydrogens (tertiary/aromatic N) is 3. The molecule has 1 aliphatic rings. The summed E-state index contributed by atoms with van der Waals surface area (Å²) in [6, 6.07) is 9.83. The number of aromatic nitrogens is 2. The Hall–Kier alpha value is -2.05. The van der Waals surface area contributed by atoms with Gasteiger partial charge in [-0.1, -0.05) is 18.2 Å². The average Bonchev–Trinajstić information content (AvgIpc) is 3.16. The number of aryl methyl sites for hydroxylation is 2. The topological polar surface area (TPSA) is 59.8 Å². The predicted octanol–water partition coefficient (Wildman–Crippen LogP) is 2.31. The van der Waals surface area contributed by atoms with Crippen LogP contribution in [0.3, 0.4) is 0 Å². The van der Waals surface area contributed by atoms with E-state index in [9.17, 15) is 5.11 Å². The molecule has 1 aromatic heterocycles. The van der Waals surface area contributed by atoms with Gasteiger partial charge in [-0.2, -0.15) is 5.10 Å². The summed E-state index contributed by atoms with van der Waals surface area (Å²) < 4.78 is 13.0. The minimum Gasteiger partial charge on any atom is -0.491 e. The number of β-amino-alcohol motifs (C(OH)–C–C–N with tert-alkyl or cyclic N) is 1. The Balaban J connectivity index is 1.64. The summed E-state index contributed by atoms with van der Waals surface area (Å²) in [5.74, 6) is 1.59. The molecule has 0 aliphatic carbocycles. The van der Waals surface area contributed by atoms with E-state index in [0.29, 0.717) is 6.54 Å². The van der Waals surface area contributed by atoms with Crippen LogP contribution in [0.5, 0.6) is 11.6 Å². The van der Waals surface area contributed by atoms with E-state index in [-0.39, 0.29) is 12.6 Å². The van der Waals surface area contributed by atoms with Gasteiger partial charge in [0.05, 0.1) is 18.4 Å². The van der Waals surface area contributed by atoms with E-state index in [1.807, 2.05) is 44.3 Å². The van der Waals surface area contributed by atoms with Crippen LogP contribution < -0.4 is 9.47 Å². The molecule has 1 saturated heterocycles. The van der Waals surface area contributed by atoms with Crippen molar-refractivity contribution in [3.8, 4) is 11.6 Å². The Kier molecular flexibility index (Phi) is 5.60. The van der Waals surface area contributed by atoms with Crippen molar-refractivity contribution in [2.45, 2.75) is 31.9 Å². The van der Waals surface area contributed by atoms with Crippen LogP contribution in [0.4, 0.5) is 0 Å². The SMILES string of the molecule is COc1c([C@H]2CCCN2C[C@H](O)COc2ccccc2)c(C)nn1C. The third-order valence-electron chi connectivity index (χ3n) is 4.74. The Morgan fingerprint density at radius 3 is 2.80 bits per heavy atom. The summed E-state index contributed by atoms with van der Waals surface area (Å²) in [6.45, 7) is 3.85. The van der Waals surface area contributed by atoms with Crippen LogP contribution in [0.1, 0.15) is 30.1 Å². The van der Waals surface area contributed by atoms with Gasteiger partial charge < -0.3 is 14.6 Å². The lowest BCUT2D eigenvalue weighted by Gasteiger charge is -2.27. The van der Waals surface area contributed by atoms with E-state index < -0.39 is 6.10 Å². The first-order chi connectivity index (χ1) is 12.1. The Labute approximate surface area is 149 Å². The second kappa shape index (κ2) is 7.89. The van der Waals surface area contributed by atoms with Crippen molar-refractivity contribution in [3.05, 3.63) is 41.6 Å². The van der Waals surface area contributed by atoms with E-state index in [1.54, 1.807) is 11.8 Å². The van der Waals surface area contributed by atoms with E-state index >= 15 is 0 Å². The van der Waals surface area contributed by atoms with Gasteiger partial charge in [0.15, 0.2) is 0 Å². The van der Waals surface area contributed by atoms with Gasteiger partial charge in [0.1, 0.15) is 18.5 Å². The van der Waals surface area contributed by atoms with Crippen molar-refractivity contribution in [2.24, 2.45) is 7.05 Å². The van der Waals surface area contributed by atoms with Crippen molar-refractivity contribution in [3.63, 3.8) is 0 Å². The molecule has 0 saturated carbocycles. The van der Waals surface area contributed by atoms with Crippen LogP contribution in [0.2, 0.25) is 0 Å². The number of likely N-dealkylation sites (tertiary alicyclic amines) is 1. The lowest BCUT2D eigenvalue weighted by molar-refractivity contribution is 0.0634. The highest BCUT2D eigenvalue weighted by molar-refractivity contribution is 5.35. The Bertz CT molecular complexity index is 687. The first-order valence-corrected chi connectivity index (χ1v) is 8.77. The maximum atomic E-state index is 10.4. The van der Waals surface area contributed by atoms with Gasteiger partial charge >= 0.3 is 0 Å². The molecule has 0 spiro atoms. The highest BCUT2D eigenvalue weighted by Gasteiger charge is 2.33. The second-order valence-corrected chi connectivity index (χ2v) is 6.56. The molecule has 1 aliphatic heterocycles. The van der Waals surface area contributed by atoms with E-state index in [0.717, 1.165) is 42.3 Å². The summed E-state index contributed by atoms with van der Waals surface area (Å²) in [7, 11) is 3.58. The molecule has 3 rings (SSSR count). The number of methoxy groups -OCH3 is 1. The van der Waals surface area contributed by atoms with Crippen LogP contribution in [0.15, 0.2) is 30.3 Å². The van der Waals surface area contributed by atoms with Crippen LogP contribution >= 0.6 is 0 Å². The fourth-order valence-corrected chi connectivity index (χ4v) is 3.68.